The number of alkyl halides is 1. The fourth-order valence-corrected chi connectivity index (χ4v) is 2.43. The first-order chi connectivity index (χ1) is 8.02. The van der Waals surface area contributed by atoms with Crippen LogP contribution in [0.25, 0.3) is 0 Å². The monoisotopic (exact) mass is 252 g/mol. The van der Waals surface area contributed by atoms with Crippen molar-refractivity contribution >= 4 is 11.6 Å². The molecule has 0 spiro atoms. The van der Waals surface area contributed by atoms with E-state index in [-0.39, 0.29) is 0 Å². The Morgan fingerprint density at radius 2 is 1.94 bits per heavy atom. The molecule has 0 bridgehead atoms. The Bertz CT molecular complexity index is 539. The lowest BCUT2D eigenvalue weighted by Gasteiger charge is -2.05. The number of aryl methyl sites for hydroxylation is 3. The molecule has 2 heterocycles. The average molecular weight is 253 g/mol. The van der Waals surface area contributed by atoms with Crippen LogP contribution in [0, 0.1) is 20.8 Å². The summed E-state index contributed by atoms with van der Waals surface area (Å²) in [5.74, 6) is 0.516. The minimum atomic E-state index is 0.516. The van der Waals surface area contributed by atoms with Crippen molar-refractivity contribution in [2.45, 2.75) is 33.2 Å². The van der Waals surface area contributed by atoms with Crippen molar-refractivity contribution in [1.82, 2.24) is 19.6 Å². The third-order valence-corrected chi connectivity index (χ3v) is 3.34. The van der Waals surface area contributed by atoms with Gasteiger partial charge in [0.15, 0.2) is 0 Å². The summed E-state index contributed by atoms with van der Waals surface area (Å²) in [4.78, 5) is 0. The molecule has 0 saturated heterocycles. The second-order valence-electron chi connectivity index (χ2n) is 4.34. The van der Waals surface area contributed by atoms with Crippen LogP contribution in [0.15, 0.2) is 6.07 Å². The SMILES string of the molecule is Cc1cc(Cn2nc(C)c(CCl)c2C)n(C)n1. The number of aromatic nitrogens is 4. The van der Waals surface area contributed by atoms with Crippen molar-refractivity contribution in [3.63, 3.8) is 0 Å². The maximum Gasteiger partial charge on any atom is 0.0831 e. The Morgan fingerprint density at radius 3 is 2.41 bits per heavy atom. The third kappa shape index (κ3) is 2.22. The van der Waals surface area contributed by atoms with E-state index in [1.54, 1.807) is 0 Å². The first-order valence-corrected chi connectivity index (χ1v) is 6.14. The first-order valence-electron chi connectivity index (χ1n) is 5.61. The predicted octanol–water partition coefficient (Wildman–Crippen LogP) is 2.33. The highest BCUT2D eigenvalue weighted by atomic mass is 35.5. The number of hydrogen-bond acceptors (Lipinski definition) is 2. The lowest BCUT2D eigenvalue weighted by Crippen LogP contribution is -2.08. The highest BCUT2D eigenvalue weighted by Gasteiger charge is 2.12. The molecular weight excluding hydrogens is 236 g/mol. The summed E-state index contributed by atoms with van der Waals surface area (Å²) in [5.41, 5.74) is 5.45. The van der Waals surface area contributed by atoms with Crippen LogP contribution in [-0.2, 0) is 19.5 Å². The second-order valence-corrected chi connectivity index (χ2v) is 4.61. The van der Waals surface area contributed by atoms with Gasteiger partial charge in [0, 0.05) is 18.3 Å². The number of rotatable bonds is 3. The standard InChI is InChI=1S/C12H17ClN4/c1-8-5-11(16(4)14-8)7-17-10(3)12(6-13)9(2)15-17/h5H,6-7H2,1-4H3. The zero-order chi connectivity index (χ0) is 12.6. The van der Waals surface area contributed by atoms with E-state index in [1.807, 2.05) is 30.3 Å². The van der Waals surface area contributed by atoms with Gasteiger partial charge < -0.3 is 0 Å². The van der Waals surface area contributed by atoms with Crippen LogP contribution in [0.2, 0.25) is 0 Å². The Balaban J connectivity index is 2.33. The van der Waals surface area contributed by atoms with Gasteiger partial charge in [-0.15, -0.1) is 11.6 Å². The highest BCUT2D eigenvalue weighted by molar-refractivity contribution is 6.17. The smallest absolute Gasteiger partial charge is 0.0831 e. The van der Waals surface area contributed by atoms with Crippen LogP contribution in [0.4, 0.5) is 0 Å². The van der Waals surface area contributed by atoms with Gasteiger partial charge in [-0.05, 0) is 26.8 Å². The van der Waals surface area contributed by atoms with E-state index in [9.17, 15) is 0 Å². The van der Waals surface area contributed by atoms with Crippen LogP contribution < -0.4 is 0 Å². The number of halogens is 1. The number of hydrogen-bond donors (Lipinski definition) is 0. The molecular formula is C12H17ClN4. The third-order valence-electron chi connectivity index (χ3n) is 3.08. The lowest BCUT2D eigenvalue weighted by atomic mass is 10.2. The van der Waals surface area contributed by atoms with Crippen LogP contribution in [0.1, 0.15) is 28.3 Å². The highest BCUT2D eigenvalue weighted by Crippen LogP contribution is 2.16. The summed E-state index contributed by atoms with van der Waals surface area (Å²) in [6.07, 6.45) is 0. The van der Waals surface area contributed by atoms with E-state index in [0.29, 0.717) is 5.88 Å². The molecule has 0 saturated carbocycles. The first kappa shape index (κ1) is 12.2. The summed E-state index contributed by atoms with van der Waals surface area (Å²) < 4.78 is 3.88. The molecule has 2 aromatic rings. The molecule has 0 fully saturated rings. The van der Waals surface area contributed by atoms with E-state index in [1.165, 1.54) is 0 Å². The summed E-state index contributed by atoms with van der Waals surface area (Å²) in [6.45, 7) is 6.78. The molecule has 17 heavy (non-hydrogen) atoms. The Hall–Kier alpha value is -1.29. The van der Waals surface area contributed by atoms with Crippen LogP contribution in [-0.4, -0.2) is 19.6 Å². The average Bonchev–Trinajstić information content (AvgIpc) is 2.69. The quantitative estimate of drug-likeness (QED) is 0.786. The minimum absolute atomic E-state index is 0.516. The van der Waals surface area contributed by atoms with Crippen molar-refractivity contribution in [3.8, 4) is 0 Å². The van der Waals surface area contributed by atoms with Crippen molar-refractivity contribution < 1.29 is 0 Å². The fraction of sp³-hybridized carbons (Fsp3) is 0.500. The van der Waals surface area contributed by atoms with Crippen molar-refractivity contribution in [2.24, 2.45) is 7.05 Å². The van der Waals surface area contributed by atoms with Crippen molar-refractivity contribution in [2.75, 3.05) is 0 Å². The van der Waals surface area contributed by atoms with Gasteiger partial charge >= 0.3 is 0 Å². The molecule has 2 rings (SSSR count). The molecule has 0 N–H and O–H groups in total. The Morgan fingerprint density at radius 1 is 1.24 bits per heavy atom. The molecule has 0 aliphatic rings. The molecule has 0 aromatic carbocycles. The molecule has 0 aliphatic carbocycles. The van der Waals surface area contributed by atoms with Gasteiger partial charge in [-0.2, -0.15) is 10.2 Å². The van der Waals surface area contributed by atoms with Gasteiger partial charge in [-0.1, -0.05) is 0 Å². The Labute approximate surface area is 106 Å². The molecule has 0 unspecified atom stereocenters. The van der Waals surface area contributed by atoms with Gasteiger partial charge in [-0.25, -0.2) is 0 Å². The van der Waals surface area contributed by atoms with Gasteiger partial charge in [0.1, 0.15) is 0 Å². The molecule has 0 amide bonds. The van der Waals surface area contributed by atoms with Crippen LogP contribution in [0.5, 0.6) is 0 Å². The molecule has 0 atom stereocenters. The topological polar surface area (TPSA) is 35.6 Å². The zero-order valence-electron chi connectivity index (χ0n) is 10.7. The maximum atomic E-state index is 5.92. The summed E-state index contributed by atoms with van der Waals surface area (Å²) in [7, 11) is 1.95. The van der Waals surface area contributed by atoms with Gasteiger partial charge in [-0.3, -0.25) is 9.36 Å². The zero-order valence-corrected chi connectivity index (χ0v) is 11.4. The van der Waals surface area contributed by atoms with Gasteiger partial charge in [0.2, 0.25) is 0 Å². The Kier molecular flexibility index (Phi) is 3.24. The molecule has 92 valence electrons. The van der Waals surface area contributed by atoms with E-state index < -0.39 is 0 Å². The summed E-state index contributed by atoms with van der Waals surface area (Å²) >= 11 is 5.92. The van der Waals surface area contributed by atoms with Crippen molar-refractivity contribution in [3.05, 3.63) is 34.4 Å². The normalized spacial score (nSPS) is 11.1. The predicted molar refractivity (Wildman–Crippen MR) is 68.3 cm³/mol. The van der Waals surface area contributed by atoms with Gasteiger partial charge in [0.05, 0.1) is 29.5 Å². The van der Waals surface area contributed by atoms with Crippen LogP contribution >= 0.6 is 11.6 Å². The summed E-state index contributed by atoms with van der Waals surface area (Å²) in [5, 5.41) is 8.85. The van der Waals surface area contributed by atoms with Gasteiger partial charge in [0.25, 0.3) is 0 Å². The summed E-state index contributed by atoms with van der Waals surface area (Å²) in [6, 6.07) is 2.08. The number of nitrogens with zero attached hydrogens (tertiary/aromatic N) is 4. The fourth-order valence-electron chi connectivity index (χ4n) is 2.05. The molecule has 0 radical (unpaired) electrons. The molecule has 0 aliphatic heterocycles. The lowest BCUT2D eigenvalue weighted by molar-refractivity contribution is 0.603. The van der Waals surface area contributed by atoms with Crippen LogP contribution in [0.3, 0.4) is 0 Å². The second kappa shape index (κ2) is 4.53. The van der Waals surface area contributed by atoms with E-state index in [0.717, 1.165) is 34.9 Å². The largest absolute Gasteiger partial charge is 0.270 e. The van der Waals surface area contributed by atoms with Crippen molar-refractivity contribution in [1.29, 1.82) is 0 Å². The molecule has 2 aromatic heterocycles. The van der Waals surface area contributed by atoms with E-state index in [2.05, 4.69) is 23.2 Å². The van der Waals surface area contributed by atoms with E-state index >= 15 is 0 Å². The maximum absolute atomic E-state index is 5.92. The molecule has 4 nitrogen and oxygen atoms in total. The van der Waals surface area contributed by atoms with E-state index in [4.69, 9.17) is 11.6 Å². The molecule has 5 heteroatoms. The minimum Gasteiger partial charge on any atom is -0.270 e.